The van der Waals surface area contributed by atoms with E-state index in [0.717, 1.165) is 18.7 Å². The summed E-state index contributed by atoms with van der Waals surface area (Å²) in [4.78, 5) is 0. The van der Waals surface area contributed by atoms with Crippen molar-refractivity contribution in [3.63, 3.8) is 0 Å². The smallest absolute Gasteiger partial charge is 0.108 e. The fraction of sp³-hybridized carbons (Fsp3) is 0.889. The van der Waals surface area contributed by atoms with E-state index in [0.29, 0.717) is 19.8 Å². The fourth-order valence-electron chi connectivity index (χ4n) is 3.06. The molecule has 2 rings (SSSR count). The first-order valence-electron chi connectivity index (χ1n) is 9.72. The Balaban J connectivity index is 1.51. The molecule has 0 aliphatic carbocycles. The average molecular weight is 354 g/mol. The normalized spacial score (nSPS) is 23.4. The first-order valence-corrected chi connectivity index (χ1v) is 9.72. The van der Waals surface area contributed by atoms with Crippen molar-refractivity contribution in [2.45, 2.75) is 89.7 Å². The molecule has 144 valence electrons. The van der Waals surface area contributed by atoms with Crippen molar-refractivity contribution in [2.24, 2.45) is 5.73 Å². The molecule has 3 atom stereocenters. The molecule has 0 spiro atoms. The first-order chi connectivity index (χ1) is 12.2. The molecule has 0 radical (unpaired) electrons. The molecule has 0 unspecified atom stereocenters. The van der Waals surface area contributed by atoms with Crippen LogP contribution in [-0.2, 0) is 22.6 Å². The molecule has 7 nitrogen and oxygen atoms in total. The van der Waals surface area contributed by atoms with Crippen LogP contribution in [-0.4, -0.2) is 51.6 Å². The molecule has 0 amide bonds. The van der Waals surface area contributed by atoms with Crippen LogP contribution in [0.4, 0.5) is 0 Å². The predicted octanol–water partition coefficient (Wildman–Crippen LogP) is 2.02. The summed E-state index contributed by atoms with van der Waals surface area (Å²) in [6.45, 7) is 4.23. The van der Waals surface area contributed by atoms with E-state index >= 15 is 0 Å². The Bertz CT molecular complexity index is 469. The van der Waals surface area contributed by atoms with Crippen LogP contribution >= 0.6 is 0 Å². The van der Waals surface area contributed by atoms with E-state index in [2.05, 4.69) is 17.2 Å². The van der Waals surface area contributed by atoms with Gasteiger partial charge in [-0.3, -0.25) is 4.68 Å². The van der Waals surface area contributed by atoms with Crippen molar-refractivity contribution in [2.75, 3.05) is 13.2 Å². The van der Waals surface area contributed by atoms with Crippen molar-refractivity contribution < 1.29 is 14.6 Å². The summed E-state index contributed by atoms with van der Waals surface area (Å²) in [6, 6.07) is -0.318. The zero-order valence-electron chi connectivity index (χ0n) is 15.5. The fourth-order valence-corrected chi connectivity index (χ4v) is 3.06. The molecule has 25 heavy (non-hydrogen) atoms. The molecular formula is C18H34N4O3. The molecule has 0 saturated carbocycles. The minimum absolute atomic E-state index is 0.318. The van der Waals surface area contributed by atoms with Gasteiger partial charge in [-0.05, 0) is 6.42 Å². The van der Waals surface area contributed by atoms with Gasteiger partial charge in [-0.15, -0.1) is 5.10 Å². The Morgan fingerprint density at radius 1 is 1.24 bits per heavy atom. The van der Waals surface area contributed by atoms with E-state index < -0.39 is 6.10 Å². The Morgan fingerprint density at radius 2 is 1.96 bits per heavy atom. The van der Waals surface area contributed by atoms with Gasteiger partial charge in [-0.2, -0.15) is 0 Å². The van der Waals surface area contributed by atoms with Gasteiger partial charge in [0.15, 0.2) is 0 Å². The van der Waals surface area contributed by atoms with E-state index in [1.54, 1.807) is 0 Å². The maximum atomic E-state index is 9.80. The highest BCUT2D eigenvalue weighted by Crippen LogP contribution is 2.13. The molecule has 1 fully saturated rings. The average Bonchev–Trinajstić information content (AvgIpc) is 3.19. The lowest BCUT2D eigenvalue weighted by Gasteiger charge is -2.14. The molecule has 1 aliphatic rings. The number of unbranched alkanes of at least 4 members (excludes halogenated alkanes) is 7. The predicted molar refractivity (Wildman–Crippen MR) is 96.0 cm³/mol. The number of aliphatic hydroxyl groups excluding tert-OH is 1. The highest BCUT2D eigenvalue weighted by molar-refractivity contribution is 4.90. The van der Waals surface area contributed by atoms with Crippen LogP contribution in [0, 0.1) is 0 Å². The van der Waals surface area contributed by atoms with Crippen molar-refractivity contribution in [3.8, 4) is 0 Å². The minimum Gasteiger partial charge on any atom is -0.389 e. The van der Waals surface area contributed by atoms with Gasteiger partial charge in [0, 0.05) is 6.54 Å². The number of aromatic nitrogens is 3. The number of nitrogens with two attached hydrogens (primary N) is 1. The molecule has 1 saturated heterocycles. The van der Waals surface area contributed by atoms with Crippen LogP contribution in [0.2, 0.25) is 0 Å². The molecular weight excluding hydrogens is 320 g/mol. The number of aliphatic hydroxyl groups is 1. The van der Waals surface area contributed by atoms with E-state index in [1.807, 2.05) is 10.9 Å². The third-order valence-electron chi connectivity index (χ3n) is 4.68. The summed E-state index contributed by atoms with van der Waals surface area (Å²) in [5, 5.41) is 18.1. The van der Waals surface area contributed by atoms with E-state index in [1.165, 1.54) is 44.9 Å². The molecule has 2 heterocycles. The summed E-state index contributed by atoms with van der Waals surface area (Å²) >= 11 is 0. The molecule has 3 N–H and O–H groups in total. The molecule has 0 bridgehead atoms. The highest BCUT2D eigenvalue weighted by atomic mass is 16.5. The topological polar surface area (TPSA) is 95.4 Å². The number of ether oxygens (including phenoxy) is 2. The number of rotatable bonds is 13. The van der Waals surface area contributed by atoms with Gasteiger partial charge >= 0.3 is 0 Å². The number of nitrogens with zero attached hydrogens (tertiary/aromatic N) is 3. The SMILES string of the molecule is CCCCCCCCCCn1cc(COC[C@@H]2OC[C@H](N)[C@H]2O)nn1. The van der Waals surface area contributed by atoms with Crippen molar-refractivity contribution >= 4 is 0 Å². The summed E-state index contributed by atoms with van der Waals surface area (Å²) in [5.41, 5.74) is 6.50. The van der Waals surface area contributed by atoms with Crippen LogP contribution in [0.3, 0.4) is 0 Å². The highest BCUT2D eigenvalue weighted by Gasteiger charge is 2.33. The van der Waals surface area contributed by atoms with Gasteiger partial charge in [-0.25, -0.2) is 0 Å². The zero-order valence-corrected chi connectivity index (χ0v) is 15.5. The maximum Gasteiger partial charge on any atom is 0.108 e. The molecule has 7 heteroatoms. The first kappa shape index (κ1) is 20.3. The summed E-state index contributed by atoms with van der Waals surface area (Å²) in [7, 11) is 0. The summed E-state index contributed by atoms with van der Waals surface area (Å²) in [5.74, 6) is 0. The van der Waals surface area contributed by atoms with Crippen molar-refractivity contribution in [1.82, 2.24) is 15.0 Å². The van der Waals surface area contributed by atoms with Gasteiger partial charge in [0.1, 0.15) is 11.8 Å². The molecule has 0 aromatic carbocycles. The van der Waals surface area contributed by atoms with Crippen LogP contribution < -0.4 is 5.73 Å². The number of hydrogen-bond donors (Lipinski definition) is 2. The third-order valence-corrected chi connectivity index (χ3v) is 4.68. The van der Waals surface area contributed by atoms with Crippen molar-refractivity contribution in [1.29, 1.82) is 0 Å². The Labute approximate surface area is 150 Å². The van der Waals surface area contributed by atoms with Crippen LogP contribution in [0.1, 0.15) is 64.0 Å². The van der Waals surface area contributed by atoms with Crippen molar-refractivity contribution in [3.05, 3.63) is 11.9 Å². The van der Waals surface area contributed by atoms with Gasteiger partial charge < -0.3 is 20.3 Å². The number of hydrogen-bond acceptors (Lipinski definition) is 6. The second-order valence-corrected chi connectivity index (χ2v) is 6.99. The lowest BCUT2D eigenvalue weighted by molar-refractivity contribution is -0.0299. The standard InChI is InChI=1S/C18H34N4O3/c1-2-3-4-5-6-7-8-9-10-22-11-15(20-21-22)12-24-14-17-18(23)16(19)13-25-17/h11,16-18,23H,2-10,12-14,19H2,1H3/t16-,17-,18+/m0/s1. The monoisotopic (exact) mass is 354 g/mol. The maximum absolute atomic E-state index is 9.80. The zero-order chi connectivity index (χ0) is 17.9. The lowest BCUT2D eigenvalue weighted by Crippen LogP contribution is -2.38. The second kappa shape index (κ2) is 11.6. The number of aryl methyl sites for hydroxylation is 1. The molecule has 1 aliphatic heterocycles. The Hall–Kier alpha value is -1.02. The quantitative estimate of drug-likeness (QED) is 0.526. The van der Waals surface area contributed by atoms with E-state index in [-0.39, 0.29) is 12.1 Å². The third kappa shape index (κ3) is 7.40. The van der Waals surface area contributed by atoms with E-state index in [9.17, 15) is 5.11 Å². The molecule has 1 aromatic heterocycles. The van der Waals surface area contributed by atoms with Gasteiger partial charge in [0.05, 0.1) is 38.2 Å². The van der Waals surface area contributed by atoms with Gasteiger partial charge in [0.2, 0.25) is 0 Å². The lowest BCUT2D eigenvalue weighted by atomic mass is 10.1. The van der Waals surface area contributed by atoms with E-state index in [4.69, 9.17) is 15.2 Å². The van der Waals surface area contributed by atoms with Crippen LogP contribution in [0.5, 0.6) is 0 Å². The largest absolute Gasteiger partial charge is 0.389 e. The Morgan fingerprint density at radius 3 is 2.64 bits per heavy atom. The molecule has 1 aromatic rings. The summed E-state index contributed by atoms with van der Waals surface area (Å²) < 4.78 is 12.8. The van der Waals surface area contributed by atoms with Gasteiger partial charge in [0.25, 0.3) is 0 Å². The Kier molecular flexibility index (Phi) is 9.39. The summed E-state index contributed by atoms with van der Waals surface area (Å²) in [6.07, 6.45) is 11.4. The second-order valence-electron chi connectivity index (χ2n) is 6.99. The van der Waals surface area contributed by atoms with Crippen LogP contribution in [0.15, 0.2) is 6.20 Å². The van der Waals surface area contributed by atoms with Crippen LogP contribution in [0.25, 0.3) is 0 Å². The van der Waals surface area contributed by atoms with Gasteiger partial charge in [-0.1, -0.05) is 57.1 Å². The minimum atomic E-state index is -0.655.